The summed E-state index contributed by atoms with van der Waals surface area (Å²) >= 11 is 0. The second-order valence-electron chi connectivity index (χ2n) is 8.42. The molecule has 0 fully saturated rings. The number of nitrogens with zero attached hydrogens (tertiary/aromatic N) is 1. The molecule has 1 unspecified atom stereocenters. The molecule has 0 saturated heterocycles. The molecule has 37 heavy (non-hydrogen) atoms. The van der Waals surface area contributed by atoms with Crippen molar-refractivity contribution in [1.82, 2.24) is 0 Å². The summed E-state index contributed by atoms with van der Waals surface area (Å²) in [5, 5.41) is 32.4. The minimum Gasteiger partial charge on any atom is -0.506 e. The van der Waals surface area contributed by atoms with Crippen molar-refractivity contribution in [1.29, 1.82) is 10.9 Å². The molecule has 1 atom stereocenters. The van der Waals surface area contributed by atoms with Gasteiger partial charge in [-0.1, -0.05) is 54.6 Å². The number of amidine groups is 1. The SMILES string of the molecule is CC(=O)c1ccc(OCc2ccc(C(O)c3cccc(C(=N)N=N)c3)cc2)c(-c2ccc(F)cc2)c1O. The molecule has 0 aliphatic heterocycles. The number of aliphatic hydroxyl groups excluding tert-OH is 1. The topological polar surface area (TPSA) is 127 Å². The zero-order valence-electron chi connectivity index (χ0n) is 19.9. The van der Waals surface area contributed by atoms with E-state index in [-0.39, 0.29) is 29.5 Å². The fraction of sp³-hybridized carbons (Fsp3) is 0.103. The number of nitrogens with one attached hydrogen (secondary N) is 2. The van der Waals surface area contributed by atoms with E-state index >= 15 is 0 Å². The van der Waals surface area contributed by atoms with E-state index in [0.29, 0.717) is 33.6 Å². The summed E-state index contributed by atoms with van der Waals surface area (Å²) in [6.07, 6.45) is -0.936. The Hall–Kier alpha value is -4.69. The molecule has 0 aromatic heterocycles. The zero-order chi connectivity index (χ0) is 26.5. The molecular formula is C29H24FN3O4. The highest BCUT2D eigenvalue weighted by molar-refractivity contribution is 6.00. The van der Waals surface area contributed by atoms with Gasteiger partial charge in [0.1, 0.15) is 30.0 Å². The van der Waals surface area contributed by atoms with Gasteiger partial charge in [-0.15, -0.1) is 5.11 Å². The predicted molar refractivity (Wildman–Crippen MR) is 137 cm³/mol. The molecule has 0 spiro atoms. The third-order valence-corrected chi connectivity index (χ3v) is 5.93. The van der Waals surface area contributed by atoms with Gasteiger partial charge in [0.25, 0.3) is 0 Å². The third-order valence-electron chi connectivity index (χ3n) is 5.93. The number of halogens is 1. The number of hydrogen-bond acceptors (Lipinski definition) is 6. The van der Waals surface area contributed by atoms with Crippen molar-refractivity contribution in [3.05, 3.63) is 119 Å². The minimum atomic E-state index is -0.936. The largest absolute Gasteiger partial charge is 0.506 e. The van der Waals surface area contributed by atoms with Crippen LogP contribution in [0.2, 0.25) is 0 Å². The highest BCUT2D eigenvalue weighted by Crippen LogP contribution is 2.41. The molecule has 0 aliphatic rings. The fourth-order valence-corrected chi connectivity index (χ4v) is 3.94. The highest BCUT2D eigenvalue weighted by Gasteiger charge is 2.19. The predicted octanol–water partition coefficient (Wildman–Crippen LogP) is 6.42. The van der Waals surface area contributed by atoms with Crippen LogP contribution in [0, 0.1) is 16.8 Å². The number of hydrogen-bond donors (Lipinski definition) is 4. The molecule has 4 aromatic carbocycles. The molecule has 0 heterocycles. The van der Waals surface area contributed by atoms with Crippen molar-refractivity contribution in [2.24, 2.45) is 5.11 Å². The number of Topliss-reactive ketones (excluding diaryl/α,β-unsaturated/α-hetero) is 1. The van der Waals surface area contributed by atoms with Crippen LogP contribution in [0.1, 0.15) is 45.6 Å². The van der Waals surface area contributed by atoms with Crippen LogP contribution in [-0.4, -0.2) is 21.8 Å². The van der Waals surface area contributed by atoms with Gasteiger partial charge in [-0.05, 0) is 59.5 Å². The van der Waals surface area contributed by atoms with Gasteiger partial charge in [0.15, 0.2) is 11.6 Å². The molecule has 0 aliphatic carbocycles. The molecular weight excluding hydrogens is 473 g/mol. The molecule has 8 heteroatoms. The van der Waals surface area contributed by atoms with Gasteiger partial charge in [-0.25, -0.2) is 9.92 Å². The first kappa shape index (κ1) is 25.4. The first-order chi connectivity index (χ1) is 17.8. The quantitative estimate of drug-likeness (QED) is 0.0970. The maximum absolute atomic E-state index is 13.5. The van der Waals surface area contributed by atoms with Gasteiger partial charge in [-0.2, -0.15) is 0 Å². The van der Waals surface area contributed by atoms with E-state index in [1.54, 1.807) is 54.6 Å². The molecule has 0 radical (unpaired) electrons. The molecule has 4 N–H and O–H groups in total. The second kappa shape index (κ2) is 10.9. The van der Waals surface area contributed by atoms with Crippen LogP contribution in [0.4, 0.5) is 4.39 Å². The van der Waals surface area contributed by atoms with Gasteiger partial charge in [0.2, 0.25) is 0 Å². The Bertz CT molecular complexity index is 1470. The maximum Gasteiger partial charge on any atom is 0.173 e. The summed E-state index contributed by atoms with van der Waals surface area (Å²) in [6.45, 7) is 1.49. The summed E-state index contributed by atoms with van der Waals surface area (Å²) in [5.41, 5.74) is 10.4. The average Bonchev–Trinajstić information content (AvgIpc) is 2.92. The lowest BCUT2D eigenvalue weighted by atomic mass is 9.98. The Labute approximate surface area is 212 Å². The summed E-state index contributed by atoms with van der Waals surface area (Å²) in [6, 6.07) is 22.4. The first-order valence-electron chi connectivity index (χ1n) is 11.4. The van der Waals surface area contributed by atoms with Crippen LogP contribution in [0.25, 0.3) is 11.1 Å². The molecule has 0 saturated carbocycles. The van der Waals surface area contributed by atoms with Crippen LogP contribution < -0.4 is 4.74 Å². The standard InChI is InChI=1S/C29H24FN3O4/c1-17(34)24-13-14-25(26(28(24)36)19-9-11-23(30)12-10-19)37-16-18-5-7-20(8-6-18)27(35)21-3-2-4-22(15-21)29(31)33-32/h2-15,27,31-32,35-36H,16H2,1H3. The van der Waals surface area contributed by atoms with Crippen molar-refractivity contribution >= 4 is 11.6 Å². The van der Waals surface area contributed by atoms with Gasteiger partial charge in [-0.3, -0.25) is 10.2 Å². The average molecular weight is 498 g/mol. The first-order valence-corrected chi connectivity index (χ1v) is 11.4. The minimum absolute atomic E-state index is 0.139. The number of aromatic hydroxyl groups is 1. The lowest BCUT2D eigenvalue weighted by Crippen LogP contribution is -2.03. The fourth-order valence-electron chi connectivity index (χ4n) is 3.94. The van der Waals surface area contributed by atoms with Crippen LogP contribution in [0.3, 0.4) is 0 Å². The molecule has 4 rings (SSSR count). The van der Waals surface area contributed by atoms with E-state index in [4.69, 9.17) is 15.7 Å². The Balaban J connectivity index is 1.55. The number of aliphatic hydroxyl groups is 1. The lowest BCUT2D eigenvalue weighted by Gasteiger charge is -2.16. The van der Waals surface area contributed by atoms with Crippen LogP contribution in [0.15, 0.2) is 90.0 Å². The Kier molecular flexibility index (Phi) is 7.50. The van der Waals surface area contributed by atoms with Crippen LogP contribution >= 0.6 is 0 Å². The van der Waals surface area contributed by atoms with E-state index in [2.05, 4.69) is 5.11 Å². The number of ether oxygens (including phenoxy) is 1. The number of carbonyl (C=O) groups excluding carboxylic acids is 1. The van der Waals surface area contributed by atoms with Crippen molar-refractivity contribution < 1.29 is 24.1 Å². The molecule has 4 aromatic rings. The third kappa shape index (κ3) is 5.60. The second-order valence-corrected chi connectivity index (χ2v) is 8.42. The van der Waals surface area contributed by atoms with Crippen molar-refractivity contribution in [3.8, 4) is 22.6 Å². The summed E-state index contributed by atoms with van der Waals surface area (Å²) < 4.78 is 19.4. The normalized spacial score (nSPS) is 11.5. The van der Waals surface area contributed by atoms with Crippen molar-refractivity contribution in [2.45, 2.75) is 19.6 Å². The highest BCUT2D eigenvalue weighted by atomic mass is 19.1. The van der Waals surface area contributed by atoms with Gasteiger partial charge in [0, 0.05) is 5.56 Å². The molecule has 7 nitrogen and oxygen atoms in total. The maximum atomic E-state index is 13.5. The van der Waals surface area contributed by atoms with Crippen LogP contribution in [0.5, 0.6) is 11.5 Å². The smallest absolute Gasteiger partial charge is 0.173 e. The number of ketones is 1. The monoisotopic (exact) mass is 497 g/mol. The number of phenols is 1. The van der Waals surface area contributed by atoms with E-state index < -0.39 is 11.9 Å². The van der Waals surface area contributed by atoms with Crippen molar-refractivity contribution in [2.75, 3.05) is 0 Å². The van der Waals surface area contributed by atoms with E-state index in [1.165, 1.54) is 37.3 Å². The lowest BCUT2D eigenvalue weighted by molar-refractivity contribution is 0.101. The van der Waals surface area contributed by atoms with Crippen LogP contribution in [-0.2, 0) is 6.61 Å². The summed E-state index contributed by atoms with van der Waals surface area (Å²) in [5.74, 6) is -0.824. The number of benzene rings is 4. The Morgan fingerprint density at radius 1 is 1.00 bits per heavy atom. The Morgan fingerprint density at radius 2 is 1.70 bits per heavy atom. The summed E-state index contributed by atoms with van der Waals surface area (Å²) in [4.78, 5) is 11.9. The van der Waals surface area contributed by atoms with Gasteiger partial charge < -0.3 is 14.9 Å². The van der Waals surface area contributed by atoms with Gasteiger partial charge >= 0.3 is 0 Å². The van der Waals surface area contributed by atoms with Gasteiger partial charge in [0.05, 0.1) is 11.1 Å². The van der Waals surface area contributed by atoms with Crippen molar-refractivity contribution in [3.63, 3.8) is 0 Å². The number of rotatable bonds is 8. The zero-order valence-corrected chi connectivity index (χ0v) is 19.9. The summed E-state index contributed by atoms with van der Waals surface area (Å²) in [7, 11) is 0. The molecule has 0 bridgehead atoms. The number of carbonyl (C=O) groups is 1. The Morgan fingerprint density at radius 3 is 2.35 bits per heavy atom. The van der Waals surface area contributed by atoms with E-state index in [0.717, 1.165) is 5.56 Å². The molecule has 0 amide bonds. The molecule has 186 valence electrons. The van der Waals surface area contributed by atoms with E-state index in [9.17, 15) is 19.4 Å². The van der Waals surface area contributed by atoms with E-state index in [1.807, 2.05) is 0 Å². The number of phenolic OH excluding ortho intramolecular Hbond substituents is 1.